The van der Waals surface area contributed by atoms with Gasteiger partial charge in [-0.1, -0.05) is 31.5 Å². The largest absolute Gasteiger partial charge is 0.352 e. The summed E-state index contributed by atoms with van der Waals surface area (Å²) in [6.07, 6.45) is -1.70. The molecule has 0 atom stereocenters. The number of amides is 1. The number of aromatic amines is 1. The third-order valence-corrected chi connectivity index (χ3v) is 4.74. The van der Waals surface area contributed by atoms with Gasteiger partial charge in [-0.05, 0) is 18.2 Å². The topological polar surface area (TPSA) is 87.7 Å². The Morgan fingerprint density at radius 3 is 2.55 bits per heavy atom. The van der Waals surface area contributed by atoms with Crippen LogP contribution in [-0.2, 0) is 11.3 Å². The van der Waals surface area contributed by atoms with Crippen molar-refractivity contribution < 1.29 is 18.0 Å². The highest BCUT2D eigenvalue weighted by atomic mass is 35.5. The fraction of sp³-hybridized carbons (Fsp3) is 0.238. The molecule has 0 fully saturated rings. The van der Waals surface area contributed by atoms with E-state index in [9.17, 15) is 18.4 Å². The molecule has 162 valence electrons. The number of pyridine rings is 1. The number of halogens is 4. The second-order valence-electron chi connectivity index (χ2n) is 7.02. The van der Waals surface area contributed by atoms with Crippen LogP contribution in [0.25, 0.3) is 22.8 Å². The summed E-state index contributed by atoms with van der Waals surface area (Å²) in [5.41, 5.74) is -0.656. The number of H-pyrrole nitrogens is 1. The van der Waals surface area contributed by atoms with Crippen molar-refractivity contribution in [2.24, 2.45) is 5.92 Å². The maximum Gasteiger partial charge on any atom is 0.265 e. The summed E-state index contributed by atoms with van der Waals surface area (Å²) < 4.78 is 40.7. The van der Waals surface area contributed by atoms with Crippen LogP contribution < -0.4 is 10.9 Å². The third-order valence-electron chi connectivity index (χ3n) is 4.43. The zero-order chi connectivity index (χ0) is 22.7. The highest BCUT2D eigenvalue weighted by molar-refractivity contribution is 6.33. The fourth-order valence-electron chi connectivity index (χ4n) is 2.73. The van der Waals surface area contributed by atoms with Gasteiger partial charge in [0.2, 0.25) is 5.91 Å². The summed E-state index contributed by atoms with van der Waals surface area (Å²) >= 11 is 6.17. The van der Waals surface area contributed by atoms with Crippen LogP contribution in [0.5, 0.6) is 0 Å². The molecule has 0 saturated carbocycles. The maximum absolute atomic E-state index is 15.2. The molecule has 0 saturated heterocycles. The molecule has 0 unspecified atom stereocenters. The lowest BCUT2D eigenvalue weighted by molar-refractivity contribution is -0.124. The van der Waals surface area contributed by atoms with Crippen LogP contribution >= 0.6 is 11.6 Å². The predicted octanol–water partition coefficient (Wildman–Crippen LogP) is 4.50. The monoisotopic (exact) mass is 450 g/mol. The number of carbonyl (C=O) groups is 1. The number of hydrogen-bond donors (Lipinski definition) is 2. The molecule has 0 radical (unpaired) electrons. The number of hydrogen-bond acceptors (Lipinski definition) is 4. The normalized spacial score (nSPS) is 11.2. The number of carbonyl (C=O) groups excluding carboxylic acids is 1. The van der Waals surface area contributed by atoms with Crippen LogP contribution in [-0.4, -0.2) is 20.9 Å². The molecule has 2 heterocycles. The Hall–Kier alpha value is -3.20. The summed E-state index contributed by atoms with van der Waals surface area (Å²) in [6.45, 7) is 3.34. The number of nitrogens with zero attached hydrogens (tertiary/aromatic N) is 2. The smallest absolute Gasteiger partial charge is 0.265 e. The van der Waals surface area contributed by atoms with Gasteiger partial charge in [-0.2, -0.15) is 0 Å². The first-order chi connectivity index (χ1) is 14.7. The van der Waals surface area contributed by atoms with Crippen LogP contribution in [0.3, 0.4) is 0 Å². The molecular weight excluding hydrogens is 433 g/mol. The molecule has 3 aromatic rings. The second-order valence-corrected chi connectivity index (χ2v) is 7.43. The number of rotatable bonds is 6. The molecule has 31 heavy (non-hydrogen) atoms. The van der Waals surface area contributed by atoms with E-state index in [1.54, 1.807) is 13.8 Å². The van der Waals surface area contributed by atoms with Crippen molar-refractivity contribution in [3.63, 3.8) is 0 Å². The summed E-state index contributed by atoms with van der Waals surface area (Å²) in [5.74, 6) is -1.42. The Labute approximate surface area is 180 Å². The number of alkyl halides is 2. The Morgan fingerprint density at radius 2 is 1.94 bits per heavy atom. The van der Waals surface area contributed by atoms with E-state index < -0.39 is 17.8 Å². The number of aromatic nitrogens is 3. The fourth-order valence-corrected chi connectivity index (χ4v) is 2.96. The summed E-state index contributed by atoms with van der Waals surface area (Å²) in [6, 6.07) is 6.43. The lowest BCUT2D eigenvalue weighted by Crippen LogP contribution is -2.27. The van der Waals surface area contributed by atoms with Crippen molar-refractivity contribution in [2.45, 2.75) is 26.8 Å². The first kappa shape index (κ1) is 22.5. The maximum atomic E-state index is 15.2. The van der Waals surface area contributed by atoms with E-state index in [1.807, 2.05) is 0 Å². The molecule has 1 amide bonds. The van der Waals surface area contributed by atoms with Crippen LogP contribution in [0, 0.1) is 11.7 Å². The van der Waals surface area contributed by atoms with E-state index in [1.165, 1.54) is 24.3 Å². The Morgan fingerprint density at radius 1 is 1.19 bits per heavy atom. The molecule has 1 aromatic carbocycles. The summed E-state index contributed by atoms with van der Waals surface area (Å²) in [4.78, 5) is 34.5. The average Bonchev–Trinajstić information content (AvgIpc) is 2.72. The minimum Gasteiger partial charge on any atom is -0.352 e. The van der Waals surface area contributed by atoms with Gasteiger partial charge in [0.25, 0.3) is 12.0 Å². The van der Waals surface area contributed by atoms with E-state index in [-0.39, 0.29) is 57.3 Å². The zero-order valence-corrected chi connectivity index (χ0v) is 17.3. The molecule has 6 nitrogen and oxygen atoms in total. The predicted molar refractivity (Wildman–Crippen MR) is 110 cm³/mol. The minimum atomic E-state index is -2.68. The summed E-state index contributed by atoms with van der Waals surface area (Å²) in [7, 11) is 0. The van der Waals surface area contributed by atoms with Gasteiger partial charge in [0, 0.05) is 35.9 Å². The average molecular weight is 451 g/mol. The molecule has 0 aliphatic carbocycles. The Bertz CT molecular complexity index is 1160. The lowest BCUT2D eigenvalue weighted by atomic mass is 10.1. The molecule has 0 spiro atoms. The quantitative estimate of drug-likeness (QED) is 0.578. The SMILES string of the molecule is CC(C)C(=O)NCc1ccc(Cl)c(-c2nc(-c3ccc(C(F)F)cn3)cc(=O)[nH]2)c1F. The third kappa shape index (κ3) is 5.11. The van der Waals surface area contributed by atoms with E-state index in [0.717, 1.165) is 12.3 Å². The number of benzene rings is 1. The van der Waals surface area contributed by atoms with Crippen molar-refractivity contribution in [1.29, 1.82) is 0 Å². The van der Waals surface area contributed by atoms with E-state index in [0.29, 0.717) is 0 Å². The highest BCUT2D eigenvalue weighted by Gasteiger charge is 2.19. The molecule has 0 bridgehead atoms. The van der Waals surface area contributed by atoms with Crippen LogP contribution in [0.15, 0.2) is 41.3 Å². The van der Waals surface area contributed by atoms with Crippen LogP contribution in [0.1, 0.15) is 31.4 Å². The molecule has 0 aliphatic rings. The Balaban J connectivity index is 2.02. The van der Waals surface area contributed by atoms with Crippen molar-refractivity contribution in [3.8, 4) is 22.8 Å². The second kappa shape index (κ2) is 9.30. The lowest BCUT2D eigenvalue weighted by Gasteiger charge is -2.12. The zero-order valence-electron chi connectivity index (χ0n) is 16.5. The van der Waals surface area contributed by atoms with Gasteiger partial charge in [0.05, 0.1) is 22.0 Å². The van der Waals surface area contributed by atoms with Gasteiger partial charge in [-0.25, -0.2) is 18.2 Å². The molecular formula is C21H18ClF3N4O2. The van der Waals surface area contributed by atoms with Crippen molar-refractivity contribution in [2.75, 3.05) is 0 Å². The molecule has 10 heteroatoms. The first-order valence-corrected chi connectivity index (χ1v) is 9.66. The van der Waals surface area contributed by atoms with E-state index in [4.69, 9.17) is 11.6 Å². The van der Waals surface area contributed by atoms with Crippen LogP contribution in [0.4, 0.5) is 13.2 Å². The summed E-state index contributed by atoms with van der Waals surface area (Å²) in [5, 5.41) is 2.61. The van der Waals surface area contributed by atoms with E-state index >= 15 is 4.39 Å². The van der Waals surface area contributed by atoms with Gasteiger partial charge in [-0.15, -0.1) is 0 Å². The van der Waals surface area contributed by atoms with Crippen LogP contribution in [0.2, 0.25) is 5.02 Å². The minimum absolute atomic E-state index is 0.00209. The van der Waals surface area contributed by atoms with Crippen molar-refractivity contribution >= 4 is 17.5 Å². The molecule has 2 N–H and O–H groups in total. The van der Waals surface area contributed by atoms with Gasteiger partial charge >= 0.3 is 0 Å². The Kier molecular flexibility index (Phi) is 6.74. The number of nitrogens with one attached hydrogen (secondary N) is 2. The standard InChI is InChI=1S/C21H18ClF3N4O2/c1-10(2)21(31)27-8-11-3-5-13(22)17(18(11)23)20-28-15(7-16(30)29-20)14-6-4-12(9-26-14)19(24)25/h3-7,9-10,19H,8H2,1-2H3,(H,27,31)(H,28,29,30). The molecule has 0 aliphatic heterocycles. The van der Waals surface area contributed by atoms with Gasteiger partial charge in [0.15, 0.2) is 0 Å². The van der Waals surface area contributed by atoms with Crippen molar-refractivity contribution in [1.82, 2.24) is 20.3 Å². The van der Waals surface area contributed by atoms with Gasteiger partial charge in [0.1, 0.15) is 11.6 Å². The van der Waals surface area contributed by atoms with Crippen molar-refractivity contribution in [3.05, 3.63) is 68.8 Å². The van der Waals surface area contributed by atoms with E-state index in [2.05, 4.69) is 20.3 Å². The molecule has 3 rings (SSSR count). The molecule has 2 aromatic heterocycles. The highest BCUT2D eigenvalue weighted by Crippen LogP contribution is 2.31. The van der Waals surface area contributed by atoms with Gasteiger partial charge in [-0.3, -0.25) is 14.6 Å². The first-order valence-electron chi connectivity index (χ1n) is 9.28. The van der Waals surface area contributed by atoms with Gasteiger partial charge < -0.3 is 10.3 Å².